The Kier molecular flexibility index (Phi) is 8.33. The van der Waals surface area contributed by atoms with E-state index in [4.69, 9.17) is 18.8 Å². The van der Waals surface area contributed by atoms with Crippen LogP contribution < -0.4 is 10.1 Å². The molecule has 4 fully saturated rings. The summed E-state index contributed by atoms with van der Waals surface area (Å²) in [4.78, 5) is 25.8. The fourth-order valence-electron chi connectivity index (χ4n) is 6.73. The molecule has 0 aromatic heterocycles. The molecule has 1 heterocycles. The van der Waals surface area contributed by atoms with E-state index in [2.05, 4.69) is 26.1 Å². The number of esters is 1. The molecule has 2 bridgehead atoms. The van der Waals surface area contributed by atoms with Crippen LogP contribution >= 0.6 is 0 Å². The van der Waals surface area contributed by atoms with Crippen molar-refractivity contribution in [3.05, 3.63) is 29.3 Å². The lowest BCUT2D eigenvalue weighted by Gasteiger charge is -2.64. The van der Waals surface area contributed by atoms with E-state index in [9.17, 15) is 22.8 Å². The first kappa shape index (κ1) is 30.7. The number of hydrogen-bond donors (Lipinski definition) is 1. The third-order valence-corrected chi connectivity index (χ3v) is 8.87. The molecule has 11 heteroatoms. The largest absolute Gasteiger partial charge is 0.496 e. The molecule has 5 atom stereocenters. The Labute approximate surface area is 235 Å². The highest BCUT2D eigenvalue weighted by molar-refractivity contribution is 6.48. The smallest absolute Gasteiger partial charge is 0.482 e. The average Bonchev–Trinajstić information content (AvgIpc) is 3.18. The molecule has 3 aliphatic carbocycles. The van der Waals surface area contributed by atoms with E-state index in [1.54, 1.807) is 39.0 Å². The predicted molar refractivity (Wildman–Crippen MR) is 144 cm³/mol. The van der Waals surface area contributed by atoms with Crippen molar-refractivity contribution in [3.63, 3.8) is 0 Å². The van der Waals surface area contributed by atoms with Gasteiger partial charge in [0.25, 0.3) is 0 Å². The highest BCUT2D eigenvalue weighted by atomic mass is 19.4. The first-order valence-corrected chi connectivity index (χ1v) is 14.0. The quantitative estimate of drug-likeness (QED) is 0.306. The maximum Gasteiger partial charge on any atom is 0.482 e. The normalized spacial score (nSPS) is 27.9. The Morgan fingerprint density at radius 3 is 2.48 bits per heavy atom. The van der Waals surface area contributed by atoms with Crippen molar-refractivity contribution in [1.29, 1.82) is 0 Å². The number of para-hydroxylation sites is 1. The van der Waals surface area contributed by atoms with Crippen LogP contribution in [-0.4, -0.2) is 55.5 Å². The number of amides is 1. The van der Waals surface area contributed by atoms with E-state index in [0.717, 1.165) is 12.8 Å². The van der Waals surface area contributed by atoms with Gasteiger partial charge in [0.1, 0.15) is 16.9 Å². The van der Waals surface area contributed by atoms with Crippen LogP contribution in [-0.2, 0) is 25.3 Å². The van der Waals surface area contributed by atoms with Gasteiger partial charge in [-0.2, -0.15) is 13.2 Å². The number of ether oxygens (including phenoxy) is 2. The first-order valence-electron chi connectivity index (χ1n) is 14.0. The van der Waals surface area contributed by atoms with Crippen LogP contribution in [0.4, 0.5) is 13.2 Å². The number of rotatable bonds is 9. The first-order chi connectivity index (χ1) is 18.4. The zero-order valence-electron chi connectivity index (χ0n) is 24.4. The lowest BCUT2D eigenvalue weighted by atomic mass is 9.43. The number of nitrogens with one attached hydrogen (secondary N) is 1. The van der Waals surface area contributed by atoms with E-state index in [0.29, 0.717) is 23.1 Å². The summed E-state index contributed by atoms with van der Waals surface area (Å²) in [5.41, 5.74) is -0.281. The van der Waals surface area contributed by atoms with Crippen molar-refractivity contribution in [2.75, 3.05) is 7.11 Å². The lowest BCUT2D eigenvalue weighted by Crippen LogP contribution is -2.65. The van der Waals surface area contributed by atoms with Gasteiger partial charge in [-0.15, -0.1) is 0 Å². The standard InChI is InChI=1S/C29H41BF3NO6/c1-26(2,3)38-25(36)19-11-8-10-17(24(19)37-7)14-22(34-23(35)12-9-13-29(31,32)33)30-39-21-16-18-15-20(27(18,4)5)28(21,6)40-30/h8,10-11,18,20-22H,9,12-16H2,1-7H3,(H,34,35). The minimum atomic E-state index is -4.33. The number of alkyl halides is 3. The molecule has 5 rings (SSSR count). The van der Waals surface area contributed by atoms with Crippen LogP contribution in [0.15, 0.2) is 18.2 Å². The molecule has 1 saturated heterocycles. The van der Waals surface area contributed by atoms with Gasteiger partial charge in [-0.05, 0) is 82.3 Å². The Morgan fingerprint density at radius 2 is 1.88 bits per heavy atom. The number of carbonyl (C=O) groups is 2. The van der Waals surface area contributed by atoms with Crippen molar-refractivity contribution in [2.24, 2.45) is 17.3 Å². The van der Waals surface area contributed by atoms with E-state index >= 15 is 0 Å². The second-order valence-corrected chi connectivity index (χ2v) is 13.2. The minimum absolute atomic E-state index is 0.116. The van der Waals surface area contributed by atoms with Gasteiger partial charge in [-0.25, -0.2) is 4.79 Å². The molecular weight excluding hydrogens is 526 g/mol. The Balaban J connectivity index is 1.58. The van der Waals surface area contributed by atoms with Gasteiger partial charge < -0.3 is 24.1 Å². The highest BCUT2D eigenvalue weighted by Gasteiger charge is 2.68. The maximum atomic E-state index is 12.9. The van der Waals surface area contributed by atoms with Crippen LogP contribution in [0.1, 0.15) is 89.6 Å². The van der Waals surface area contributed by atoms with Crippen LogP contribution in [0.5, 0.6) is 5.75 Å². The second kappa shape index (κ2) is 10.9. The van der Waals surface area contributed by atoms with E-state index in [1.807, 2.05) is 0 Å². The topological polar surface area (TPSA) is 83.1 Å². The fraction of sp³-hybridized carbons (Fsp3) is 0.724. The third-order valence-electron chi connectivity index (χ3n) is 8.87. The van der Waals surface area contributed by atoms with Gasteiger partial charge in [-0.1, -0.05) is 26.0 Å². The molecule has 4 aliphatic rings. The van der Waals surface area contributed by atoms with Gasteiger partial charge >= 0.3 is 19.3 Å². The van der Waals surface area contributed by atoms with Gasteiger partial charge in [0.15, 0.2) is 0 Å². The summed E-state index contributed by atoms with van der Waals surface area (Å²) in [5, 5.41) is 2.88. The summed E-state index contributed by atoms with van der Waals surface area (Å²) in [6.07, 6.45) is -4.03. The number of halogens is 3. The van der Waals surface area contributed by atoms with Crippen molar-refractivity contribution in [3.8, 4) is 5.75 Å². The van der Waals surface area contributed by atoms with Crippen LogP contribution in [0.25, 0.3) is 0 Å². The molecule has 3 saturated carbocycles. The van der Waals surface area contributed by atoms with Crippen LogP contribution in [0.3, 0.4) is 0 Å². The molecule has 5 unspecified atom stereocenters. The summed E-state index contributed by atoms with van der Waals surface area (Å²) in [5.74, 6) is -0.663. The zero-order chi connectivity index (χ0) is 29.7. The molecule has 1 aliphatic heterocycles. The van der Waals surface area contributed by atoms with Crippen molar-refractivity contribution in [1.82, 2.24) is 5.32 Å². The molecule has 0 spiro atoms. The molecule has 1 amide bonds. The average molecular weight is 567 g/mol. The summed E-state index contributed by atoms with van der Waals surface area (Å²) in [6.45, 7) is 11.9. The highest BCUT2D eigenvalue weighted by Crippen LogP contribution is 2.65. The number of hydrogen-bond acceptors (Lipinski definition) is 6. The second-order valence-electron chi connectivity index (χ2n) is 13.2. The van der Waals surface area contributed by atoms with E-state index in [1.165, 1.54) is 7.11 Å². The van der Waals surface area contributed by atoms with Crippen molar-refractivity contribution in [2.45, 2.75) is 109 Å². The number of methoxy groups -OCH3 is 1. The summed E-state index contributed by atoms with van der Waals surface area (Å²) in [6, 6.07) is 5.09. The van der Waals surface area contributed by atoms with Crippen LogP contribution in [0, 0.1) is 17.3 Å². The Hall–Kier alpha value is -2.27. The number of carbonyl (C=O) groups excluding carboxylic acids is 2. The fourth-order valence-corrected chi connectivity index (χ4v) is 6.73. The van der Waals surface area contributed by atoms with Gasteiger partial charge in [0.05, 0.1) is 24.8 Å². The van der Waals surface area contributed by atoms with E-state index < -0.39 is 48.7 Å². The summed E-state index contributed by atoms with van der Waals surface area (Å²) < 4.78 is 62.2. The minimum Gasteiger partial charge on any atom is -0.496 e. The Bertz CT molecular complexity index is 1120. The predicted octanol–water partition coefficient (Wildman–Crippen LogP) is 5.68. The monoisotopic (exact) mass is 567 g/mol. The summed E-state index contributed by atoms with van der Waals surface area (Å²) in [7, 11) is 0.636. The number of benzene rings is 1. The molecular formula is C29H41BF3NO6. The van der Waals surface area contributed by atoms with Gasteiger partial charge in [0.2, 0.25) is 5.91 Å². The zero-order valence-corrected chi connectivity index (χ0v) is 24.4. The van der Waals surface area contributed by atoms with Crippen LogP contribution in [0.2, 0.25) is 0 Å². The van der Waals surface area contributed by atoms with Crippen molar-refractivity contribution < 1.29 is 41.5 Å². The van der Waals surface area contributed by atoms with Gasteiger partial charge in [-0.3, -0.25) is 4.79 Å². The molecule has 1 N–H and O–H groups in total. The van der Waals surface area contributed by atoms with Crippen molar-refractivity contribution >= 4 is 19.0 Å². The maximum absolute atomic E-state index is 12.9. The SMILES string of the molecule is COc1c(CC(NC(=O)CCCC(F)(F)F)B2OC3CC4CC(C4(C)C)C3(C)O2)cccc1C(=O)OC(C)(C)C. The molecule has 1 aromatic rings. The third kappa shape index (κ3) is 6.30. The summed E-state index contributed by atoms with van der Waals surface area (Å²) >= 11 is 0. The molecule has 222 valence electrons. The molecule has 1 aromatic carbocycles. The van der Waals surface area contributed by atoms with Gasteiger partial charge in [0, 0.05) is 12.8 Å². The molecule has 0 radical (unpaired) electrons. The molecule has 40 heavy (non-hydrogen) atoms. The van der Waals surface area contributed by atoms with E-state index in [-0.39, 0.29) is 36.3 Å². The molecule has 7 nitrogen and oxygen atoms in total. The Morgan fingerprint density at radius 1 is 1.18 bits per heavy atom. The lowest BCUT2D eigenvalue weighted by molar-refractivity contribution is -0.199.